The molecule has 1 amide bonds. The lowest BCUT2D eigenvalue weighted by Crippen LogP contribution is -2.51. The van der Waals surface area contributed by atoms with Gasteiger partial charge in [-0.2, -0.15) is 5.10 Å². The maximum atomic E-state index is 12.0. The first-order chi connectivity index (χ1) is 15.9. The zero-order chi connectivity index (χ0) is 23.6. The maximum absolute atomic E-state index is 12.0. The van der Waals surface area contributed by atoms with Crippen LogP contribution in [0.5, 0.6) is 0 Å². The molecule has 2 aliphatic heterocycles. The number of aryl methyl sites for hydroxylation is 2. The van der Waals surface area contributed by atoms with Gasteiger partial charge >= 0.3 is 0 Å². The summed E-state index contributed by atoms with van der Waals surface area (Å²) in [6, 6.07) is 2.10. The van der Waals surface area contributed by atoms with E-state index in [2.05, 4.69) is 53.3 Å². The molecule has 4 rings (SSSR count). The van der Waals surface area contributed by atoms with Gasteiger partial charge in [0.15, 0.2) is 0 Å². The minimum absolute atomic E-state index is 0.0000322. The van der Waals surface area contributed by atoms with Crippen LogP contribution in [0, 0.1) is 13.8 Å². The Balaban J connectivity index is 1.47. The molecule has 1 N–H and O–H groups in total. The highest BCUT2D eigenvalue weighted by Gasteiger charge is 2.30. The average molecular weight is 467 g/mol. The first-order valence-corrected chi connectivity index (χ1v) is 12.8. The molecule has 2 atom stereocenters. The van der Waals surface area contributed by atoms with Crippen LogP contribution in [-0.4, -0.2) is 61.8 Å². The van der Waals surface area contributed by atoms with Gasteiger partial charge in [-0.15, -0.1) is 0 Å². The van der Waals surface area contributed by atoms with Crippen molar-refractivity contribution in [3.8, 4) is 0 Å². The smallest absolute Gasteiger partial charge is 0.214 e. The van der Waals surface area contributed by atoms with Crippen molar-refractivity contribution in [3.63, 3.8) is 0 Å². The Bertz CT molecular complexity index is 1110. The second-order valence-electron chi connectivity index (χ2n) is 9.16. The van der Waals surface area contributed by atoms with Crippen LogP contribution in [0.15, 0.2) is 42.4 Å². The molecular weight excluding hydrogens is 431 g/mol. The van der Waals surface area contributed by atoms with E-state index in [0.29, 0.717) is 8.58 Å². The van der Waals surface area contributed by atoms with E-state index >= 15 is 0 Å². The van der Waals surface area contributed by atoms with Gasteiger partial charge in [0, 0.05) is 24.8 Å². The number of nitrogens with one attached hydrogen (secondary N) is 1. The van der Waals surface area contributed by atoms with E-state index in [1.807, 2.05) is 42.6 Å². The first kappa shape index (κ1) is 23.7. The normalized spacial score (nSPS) is 21.3. The summed E-state index contributed by atoms with van der Waals surface area (Å²) in [6.07, 6.45) is 13.6. The Morgan fingerprint density at radius 2 is 2.09 bits per heavy atom. The van der Waals surface area contributed by atoms with Gasteiger partial charge in [-0.1, -0.05) is 27.7 Å². The van der Waals surface area contributed by atoms with Gasteiger partial charge in [0.2, 0.25) is 6.41 Å². The van der Waals surface area contributed by atoms with E-state index in [1.165, 1.54) is 0 Å². The Kier molecular flexibility index (Phi) is 7.01. The van der Waals surface area contributed by atoms with Crippen LogP contribution in [0.4, 0.5) is 0 Å². The fourth-order valence-corrected chi connectivity index (χ4v) is 5.95. The standard InChI is InChI=1S/C25H35N6OP/c1-6-23(21-14-22-19(4)27-18(3)15-31(22)28-21)33-24-9-8-20(16-30(24)17-32)29-12-10-25(5,11-13-29)26-7-2/h6,8-9,14-17,24,26,33H,7,10-13H2,1-5H3/b23-6-. The van der Waals surface area contributed by atoms with Crippen molar-refractivity contribution in [2.75, 3.05) is 19.6 Å². The highest BCUT2D eigenvalue weighted by atomic mass is 31.1. The molecule has 2 unspecified atom stereocenters. The molecule has 0 saturated carbocycles. The molecule has 4 heterocycles. The molecule has 0 radical (unpaired) electrons. The Hall–Kier alpha value is -2.50. The van der Waals surface area contributed by atoms with Crippen molar-refractivity contribution in [1.29, 1.82) is 0 Å². The lowest BCUT2D eigenvalue weighted by molar-refractivity contribution is -0.116. The number of nitrogens with zero attached hydrogens (tertiary/aromatic N) is 5. The Morgan fingerprint density at radius 3 is 2.76 bits per heavy atom. The molecule has 0 aliphatic carbocycles. The fraction of sp³-hybridized carbons (Fsp3) is 0.480. The van der Waals surface area contributed by atoms with Gasteiger partial charge in [0.25, 0.3) is 0 Å². The third-order valence-electron chi connectivity index (χ3n) is 6.64. The number of piperidine rings is 1. The number of hydrogen-bond acceptors (Lipinski definition) is 5. The van der Waals surface area contributed by atoms with Crippen LogP contribution in [0.3, 0.4) is 0 Å². The number of aromatic nitrogens is 3. The van der Waals surface area contributed by atoms with Crippen LogP contribution < -0.4 is 5.32 Å². The predicted molar refractivity (Wildman–Crippen MR) is 136 cm³/mol. The van der Waals surface area contributed by atoms with Crippen molar-refractivity contribution >= 4 is 25.8 Å². The minimum Gasteiger partial charge on any atom is -0.370 e. The zero-order valence-corrected chi connectivity index (χ0v) is 21.3. The molecule has 1 fully saturated rings. The van der Waals surface area contributed by atoms with E-state index in [1.54, 1.807) is 0 Å². The number of carbonyl (C=O) groups excluding carboxylic acids is 1. The molecule has 2 aromatic rings. The summed E-state index contributed by atoms with van der Waals surface area (Å²) in [5.41, 5.74) is 5.21. The van der Waals surface area contributed by atoms with Crippen LogP contribution in [0.1, 0.15) is 50.7 Å². The third-order valence-corrected chi connectivity index (χ3v) is 8.28. The van der Waals surface area contributed by atoms with Gasteiger partial charge in [-0.3, -0.25) is 9.78 Å². The van der Waals surface area contributed by atoms with Gasteiger partial charge < -0.3 is 15.1 Å². The minimum atomic E-state index is 0.0000322. The monoisotopic (exact) mass is 466 g/mol. The molecule has 2 aliphatic rings. The van der Waals surface area contributed by atoms with Crippen molar-refractivity contribution in [3.05, 3.63) is 59.5 Å². The van der Waals surface area contributed by atoms with Gasteiger partial charge in [-0.25, -0.2) is 4.52 Å². The van der Waals surface area contributed by atoms with Crippen LogP contribution in [0.2, 0.25) is 0 Å². The average Bonchev–Trinajstić information content (AvgIpc) is 3.22. The summed E-state index contributed by atoms with van der Waals surface area (Å²) in [5, 5.41) is 9.56. The van der Waals surface area contributed by atoms with Crippen LogP contribution in [0.25, 0.3) is 10.8 Å². The summed E-state index contributed by atoms with van der Waals surface area (Å²) in [4.78, 5) is 20.7. The number of amides is 1. The summed E-state index contributed by atoms with van der Waals surface area (Å²) in [6.45, 7) is 13.5. The number of fused-ring (bicyclic) bond motifs is 1. The van der Waals surface area contributed by atoms with Crippen molar-refractivity contribution in [1.82, 2.24) is 29.7 Å². The van der Waals surface area contributed by atoms with Crippen molar-refractivity contribution in [2.24, 2.45) is 0 Å². The molecule has 1 saturated heterocycles. The Morgan fingerprint density at radius 1 is 1.33 bits per heavy atom. The maximum Gasteiger partial charge on any atom is 0.214 e. The second kappa shape index (κ2) is 9.78. The summed E-state index contributed by atoms with van der Waals surface area (Å²) in [5.74, 6) is 0.0000322. The van der Waals surface area contributed by atoms with Crippen LogP contribution >= 0.6 is 8.58 Å². The van der Waals surface area contributed by atoms with E-state index in [-0.39, 0.29) is 11.3 Å². The largest absolute Gasteiger partial charge is 0.370 e. The third kappa shape index (κ3) is 5.04. The molecule has 0 spiro atoms. The van der Waals surface area contributed by atoms with Crippen LogP contribution in [-0.2, 0) is 4.79 Å². The predicted octanol–water partition coefficient (Wildman–Crippen LogP) is 4.05. The highest BCUT2D eigenvalue weighted by molar-refractivity contribution is 7.51. The number of rotatable bonds is 7. The lowest BCUT2D eigenvalue weighted by Gasteiger charge is -2.42. The molecule has 33 heavy (non-hydrogen) atoms. The summed E-state index contributed by atoms with van der Waals surface area (Å²) in [7, 11) is 0.405. The van der Waals surface area contributed by atoms with E-state index in [0.717, 1.165) is 72.5 Å². The number of carbonyl (C=O) groups is 1. The molecular formula is C25H35N6OP. The molecule has 0 aromatic carbocycles. The topological polar surface area (TPSA) is 65.8 Å². The molecule has 8 heteroatoms. The molecule has 2 aromatic heterocycles. The number of allylic oxidation sites excluding steroid dienone is 2. The molecule has 0 bridgehead atoms. The van der Waals surface area contributed by atoms with E-state index in [4.69, 9.17) is 5.10 Å². The van der Waals surface area contributed by atoms with Gasteiger partial charge in [0.05, 0.1) is 40.3 Å². The fourth-order valence-electron chi connectivity index (χ4n) is 4.72. The molecule has 176 valence electrons. The van der Waals surface area contributed by atoms with Gasteiger partial charge in [-0.05, 0) is 64.5 Å². The van der Waals surface area contributed by atoms with E-state index in [9.17, 15) is 4.79 Å². The zero-order valence-electron chi connectivity index (χ0n) is 20.3. The highest BCUT2D eigenvalue weighted by Crippen LogP contribution is 2.41. The lowest BCUT2D eigenvalue weighted by atomic mass is 9.89. The second-order valence-corrected chi connectivity index (χ2v) is 10.6. The first-order valence-electron chi connectivity index (χ1n) is 11.8. The van der Waals surface area contributed by atoms with E-state index < -0.39 is 0 Å². The molecule has 7 nitrogen and oxygen atoms in total. The van der Waals surface area contributed by atoms with Gasteiger partial charge in [0.1, 0.15) is 0 Å². The SMILES string of the molecule is C/C=C(\PC1C=CC(N2CCC(C)(NCC)CC2)=CN1C=O)c1cc2c(C)nc(C)cn2n1. The Labute approximate surface area is 198 Å². The summed E-state index contributed by atoms with van der Waals surface area (Å²) < 4.78 is 1.91. The summed E-state index contributed by atoms with van der Waals surface area (Å²) >= 11 is 0. The van der Waals surface area contributed by atoms with Crippen molar-refractivity contribution < 1.29 is 4.79 Å². The quantitative estimate of drug-likeness (QED) is 0.493. The number of hydrogen-bond donors (Lipinski definition) is 1. The number of likely N-dealkylation sites (tertiary alicyclic amines) is 1. The van der Waals surface area contributed by atoms with Crippen molar-refractivity contribution in [2.45, 2.75) is 58.8 Å².